The Balaban J connectivity index is 1.16. The summed E-state index contributed by atoms with van der Waals surface area (Å²) in [6, 6.07) is 11.6. The lowest BCUT2D eigenvalue weighted by Crippen LogP contribution is -2.06. The molecule has 0 saturated carbocycles. The number of carboxylic acids is 1. The first-order chi connectivity index (χ1) is 17.1. The molecule has 5 rings (SSSR count). The monoisotopic (exact) mass is 492 g/mol. The number of aliphatic carboxylic acids is 1. The SMILES string of the molecule is COc1cc(-c2nc3c(s2)CCCC3)ccc1OCCCOc1ccc2[nH]cc(CC(=O)O)c2c1. The maximum absolute atomic E-state index is 11.1. The number of H-pyrrole nitrogens is 1. The van der Waals surface area contributed by atoms with Crippen molar-refractivity contribution in [3.8, 4) is 27.8 Å². The lowest BCUT2D eigenvalue weighted by atomic mass is 10.0. The lowest BCUT2D eigenvalue weighted by Gasteiger charge is -2.12. The zero-order valence-corrected chi connectivity index (χ0v) is 20.5. The summed E-state index contributed by atoms with van der Waals surface area (Å²) >= 11 is 1.79. The molecule has 2 aromatic carbocycles. The minimum Gasteiger partial charge on any atom is -0.493 e. The van der Waals surface area contributed by atoms with Crippen LogP contribution in [0.25, 0.3) is 21.5 Å². The summed E-state index contributed by atoms with van der Waals surface area (Å²) in [4.78, 5) is 20.4. The number of rotatable bonds is 10. The van der Waals surface area contributed by atoms with E-state index in [1.807, 2.05) is 36.4 Å². The van der Waals surface area contributed by atoms with Gasteiger partial charge in [-0.25, -0.2) is 4.98 Å². The molecule has 35 heavy (non-hydrogen) atoms. The van der Waals surface area contributed by atoms with Crippen LogP contribution in [0.2, 0.25) is 0 Å². The van der Waals surface area contributed by atoms with E-state index in [0.717, 1.165) is 39.9 Å². The fourth-order valence-electron chi connectivity index (χ4n) is 4.38. The van der Waals surface area contributed by atoms with Crippen LogP contribution in [-0.4, -0.2) is 41.4 Å². The van der Waals surface area contributed by atoms with Crippen LogP contribution in [0.15, 0.2) is 42.6 Å². The molecule has 0 fully saturated rings. The predicted octanol–water partition coefficient (Wildman–Crippen LogP) is 5.65. The Morgan fingerprint density at radius 1 is 1.09 bits per heavy atom. The van der Waals surface area contributed by atoms with Gasteiger partial charge in [-0.3, -0.25) is 4.79 Å². The molecule has 1 aliphatic rings. The summed E-state index contributed by atoms with van der Waals surface area (Å²) in [5, 5.41) is 11.0. The number of thiazole rings is 1. The summed E-state index contributed by atoms with van der Waals surface area (Å²) < 4.78 is 17.4. The molecule has 0 aliphatic heterocycles. The number of fused-ring (bicyclic) bond motifs is 2. The van der Waals surface area contributed by atoms with Crippen molar-refractivity contribution in [2.45, 2.75) is 38.5 Å². The molecule has 0 amide bonds. The second-order valence-corrected chi connectivity index (χ2v) is 9.69. The Kier molecular flexibility index (Phi) is 6.90. The standard InChI is InChI=1S/C27H28N2O5S/c1-32-24-13-17(27-29-22-5-2-3-6-25(22)35-27)7-10-23(24)34-12-4-11-33-19-8-9-21-20(15-19)18(16-28-21)14-26(30)31/h7-10,13,15-16,28H,2-6,11-12,14H2,1H3,(H,30,31). The third-order valence-corrected chi connectivity index (χ3v) is 7.36. The molecule has 8 heteroatoms. The van der Waals surface area contributed by atoms with Gasteiger partial charge in [-0.2, -0.15) is 0 Å². The maximum atomic E-state index is 11.1. The molecule has 2 heterocycles. The van der Waals surface area contributed by atoms with Crippen molar-refractivity contribution in [1.82, 2.24) is 9.97 Å². The van der Waals surface area contributed by atoms with Crippen LogP contribution in [0.1, 0.15) is 35.4 Å². The molecule has 4 aromatic rings. The first-order valence-electron chi connectivity index (χ1n) is 11.8. The highest BCUT2D eigenvalue weighted by atomic mass is 32.1. The van der Waals surface area contributed by atoms with Crippen molar-refractivity contribution in [3.63, 3.8) is 0 Å². The molecule has 0 bridgehead atoms. The molecule has 0 atom stereocenters. The summed E-state index contributed by atoms with van der Waals surface area (Å²) in [6.45, 7) is 0.965. The van der Waals surface area contributed by atoms with Crippen molar-refractivity contribution in [3.05, 3.63) is 58.7 Å². The van der Waals surface area contributed by atoms with Gasteiger partial charge >= 0.3 is 5.97 Å². The Morgan fingerprint density at radius 3 is 2.77 bits per heavy atom. The highest BCUT2D eigenvalue weighted by molar-refractivity contribution is 7.15. The van der Waals surface area contributed by atoms with E-state index < -0.39 is 5.97 Å². The summed E-state index contributed by atoms with van der Waals surface area (Å²) in [5.74, 6) is 1.24. The second kappa shape index (κ2) is 10.4. The number of aryl methyl sites for hydroxylation is 2. The van der Waals surface area contributed by atoms with E-state index in [4.69, 9.17) is 24.3 Å². The Morgan fingerprint density at radius 2 is 1.94 bits per heavy atom. The minimum atomic E-state index is -0.858. The van der Waals surface area contributed by atoms with Gasteiger partial charge in [0.25, 0.3) is 0 Å². The number of nitrogens with zero attached hydrogens (tertiary/aromatic N) is 1. The first kappa shape index (κ1) is 23.2. The normalized spacial score (nSPS) is 12.9. The molecule has 182 valence electrons. The van der Waals surface area contributed by atoms with E-state index in [1.54, 1.807) is 24.6 Å². The second-order valence-electron chi connectivity index (χ2n) is 8.60. The highest BCUT2D eigenvalue weighted by Gasteiger charge is 2.17. The molecule has 0 spiro atoms. The van der Waals surface area contributed by atoms with Crippen LogP contribution in [0.4, 0.5) is 0 Å². The number of carbonyl (C=O) groups is 1. The van der Waals surface area contributed by atoms with Crippen LogP contribution >= 0.6 is 11.3 Å². The zero-order valence-electron chi connectivity index (χ0n) is 19.6. The quantitative estimate of drug-likeness (QED) is 0.278. The van der Waals surface area contributed by atoms with Crippen molar-refractivity contribution >= 4 is 28.2 Å². The van der Waals surface area contributed by atoms with E-state index in [0.29, 0.717) is 36.9 Å². The molecule has 0 radical (unpaired) electrons. The number of aromatic amines is 1. The topological polar surface area (TPSA) is 93.7 Å². The van der Waals surface area contributed by atoms with E-state index >= 15 is 0 Å². The Labute approximate surface area is 207 Å². The fourth-order valence-corrected chi connectivity index (χ4v) is 5.53. The highest BCUT2D eigenvalue weighted by Crippen LogP contribution is 2.37. The molecule has 7 nitrogen and oxygen atoms in total. The maximum Gasteiger partial charge on any atom is 0.307 e. The van der Waals surface area contributed by atoms with Gasteiger partial charge in [0.1, 0.15) is 10.8 Å². The van der Waals surface area contributed by atoms with Gasteiger partial charge in [-0.1, -0.05) is 0 Å². The molecular formula is C27H28N2O5S. The van der Waals surface area contributed by atoms with Crippen LogP contribution in [0.5, 0.6) is 17.2 Å². The van der Waals surface area contributed by atoms with E-state index in [9.17, 15) is 4.79 Å². The molecule has 2 aromatic heterocycles. The average Bonchev–Trinajstić information content (AvgIpc) is 3.47. The number of nitrogens with one attached hydrogen (secondary N) is 1. The average molecular weight is 493 g/mol. The van der Waals surface area contributed by atoms with Crippen molar-refractivity contribution in [1.29, 1.82) is 0 Å². The number of benzene rings is 2. The fraction of sp³-hybridized carbons (Fsp3) is 0.333. The van der Waals surface area contributed by atoms with E-state index in [2.05, 4.69) is 4.98 Å². The van der Waals surface area contributed by atoms with E-state index in [-0.39, 0.29) is 6.42 Å². The van der Waals surface area contributed by atoms with Crippen molar-refractivity contribution in [2.75, 3.05) is 20.3 Å². The molecule has 2 N–H and O–H groups in total. The molecule has 1 aliphatic carbocycles. The van der Waals surface area contributed by atoms with Gasteiger partial charge in [0.05, 0.1) is 32.4 Å². The first-order valence-corrected chi connectivity index (χ1v) is 12.7. The summed E-state index contributed by atoms with van der Waals surface area (Å²) in [7, 11) is 1.65. The Bertz CT molecular complexity index is 1320. The van der Waals surface area contributed by atoms with Crippen molar-refractivity contribution < 1.29 is 24.1 Å². The van der Waals surface area contributed by atoms with Crippen molar-refractivity contribution in [2.24, 2.45) is 0 Å². The third kappa shape index (κ3) is 5.27. The number of ether oxygens (including phenoxy) is 3. The van der Waals surface area contributed by atoms with Gasteiger partial charge in [0, 0.05) is 34.0 Å². The van der Waals surface area contributed by atoms with Gasteiger partial charge in [0.15, 0.2) is 11.5 Å². The number of aromatic nitrogens is 2. The molecule has 0 unspecified atom stereocenters. The lowest BCUT2D eigenvalue weighted by molar-refractivity contribution is -0.136. The molecular weight excluding hydrogens is 464 g/mol. The number of hydrogen-bond donors (Lipinski definition) is 2. The zero-order chi connectivity index (χ0) is 24.2. The number of hydrogen-bond acceptors (Lipinski definition) is 6. The van der Waals surface area contributed by atoms with Gasteiger partial charge in [-0.05, 0) is 67.6 Å². The number of methoxy groups -OCH3 is 1. The predicted molar refractivity (Wildman–Crippen MR) is 136 cm³/mol. The summed E-state index contributed by atoms with van der Waals surface area (Å²) in [5.41, 5.74) is 3.95. The van der Waals surface area contributed by atoms with Crippen LogP contribution < -0.4 is 14.2 Å². The largest absolute Gasteiger partial charge is 0.493 e. The van der Waals surface area contributed by atoms with Crippen LogP contribution in [-0.2, 0) is 24.1 Å². The minimum absolute atomic E-state index is 0.0250. The third-order valence-electron chi connectivity index (χ3n) is 6.15. The smallest absolute Gasteiger partial charge is 0.307 e. The Hall–Kier alpha value is -3.52. The van der Waals surface area contributed by atoms with Gasteiger partial charge < -0.3 is 24.3 Å². The van der Waals surface area contributed by atoms with E-state index in [1.165, 1.54) is 23.4 Å². The number of carboxylic acid groups (broad SMARTS) is 1. The van der Waals surface area contributed by atoms with Crippen LogP contribution in [0, 0.1) is 0 Å². The van der Waals surface area contributed by atoms with Gasteiger partial charge in [0.2, 0.25) is 0 Å². The molecule has 0 saturated heterocycles. The van der Waals surface area contributed by atoms with Crippen LogP contribution in [0.3, 0.4) is 0 Å². The summed E-state index contributed by atoms with van der Waals surface area (Å²) in [6.07, 6.45) is 7.09. The van der Waals surface area contributed by atoms with Gasteiger partial charge in [-0.15, -0.1) is 11.3 Å².